The predicted molar refractivity (Wildman–Crippen MR) is 117 cm³/mol. The monoisotopic (exact) mass is 423 g/mol. The number of nitrogens with zero attached hydrogens (tertiary/aromatic N) is 3. The zero-order chi connectivity index (χ0) is 21.1. The van der Waals surface area contributed by atoms with Crippen molar-refractivity contribution >= 4 is 22.4 Å². The van der Waals surface area contributed by atoms with Crippen LogP contribution < -0.4 is 24.3 Å². The lowest BCUT2D eigenvalue weighted by molar-refractivity contribution is 0.317. The summed E-state index contributed by atoms with van der Waals surface area (Å²) < 4.78 is 18.1. The van der Waals surface area contributed by atoms with E-state index in [0.717, 1.165) is 23.3 Å². The van der Waals surface area contributed by atoms with Crippen LogP contribution in [0, 0.1) is 0 Å². The lowest BCUT2D eigenvalue weighted by atomic mass is 10.2. The number of methoxy groups -OCH3 is 2. The molecule has 7 nitrogen and oxygen atoms in total. The molecule has 2 heterocycles. The molecule has 2 aromatic heterocycles. The van der Waals surface area contributed by atoms with Crippen molar-refractivity contribution in [3.05, 3.63) is 62.9 Å². The number of aromatic nitrogens is 3. The van der Waals surface area contributed by atoms with E-state index in [0.29, 0.717) is 33.4 Å². The van der Waals surface area contributed by atoms with E-state index < -0.39 is 0 Å². The van der Waals surface area contributed by atoms with Crippen LogP contribution in [0.15, 0.2) is 47.3 Å². The highest BCUT2D eigenvalue weighted by Crippen LogP contribution is 2.31. The van der Waals surface area contributed by atoms with Crippen molar-refractivity contribution in [1.82, 2.24) is 14.6 Å². The highest BCUT2D eigenvalue weighted by molar-refractivity contribution is 7.15. The second-order valence-electron chi connectivity index (χ2n) is 6.53. The van der Waals surface area contributed by atoms with Crippen LogP contribution in [0.1, 0.15) is 18.9 Å². The summed E-state index contributed by atoms with van der Waals surface area (Å²) in [5.41, 5.74) is 1.47. The standard InChI is InChI=1S/C22H21N3O4S/c1-4-11-29-16-8-5-14(6-9-16)12-19-21(26)25-22(30-19)23-20(24-25)15-7-10-17(27-2)18(13-15)28-3/h5-10,12-13H,4,11H2,1-3H3/b19-12+. The third-order valence-corrected chi connectivity index (χ3v) is 5.43. The van der Waals surface area contributed by atoms with Crippen LogP contribution in [0.2, 0.25) is 0 Å². The second-order valence-corrected chi connectivity index (χ2v) is 7.54. The van der Waals surface area contributed by atoms with E-state index in [1.807, 2.05) is 36.4 Å². The Morgan fingerprint density at radius 2 is 1.83 bits per heavy atom. The van der Waals surface area contributed by atoms with Crippen molar-refractivity contribution in [3.63, 3.8) is 0 Å². The zero-order valence-corrected chi connectivity index (χ0v) is 17.7. The number of hydrogen-bond acceptors (Lipinski definition) is 7. The minimum absolute atomic E-state index is 0.194. The fourth-order valence-electron chi connectivity index (χ4n) is 2.96. The summed E-state index contributed by atoms with van der Waals surface area (Å²) in [5.74, 6) is 2.48. The number of hydrogen-bond donors (Lipinski definition) is 0. The van der Waals surface area contributed by atoms with Gasteiger partial charge < -0.3 is 14.2 Å². The Morgan fingerprint density at radius 3 is 2.50 bits per heavy atom. The van der Waals surface area contributed by atoms with Crippen molar-refractivity contribution < 1.29 is 14.2 Å². The Balaban J connectivity index is 1.66. The summed E-state index contributed by atoms with van der Waals surface area (Å²) in [6.45, 7) is 2.75. The molecule has 0 fully saturated rings. The van der Waals surface area contributed by atoms with Crippen LogP contribution in [0.3, 0.4) is 0 Å². The maximum absolute atomic E-state index is 12.8. The average molecular weight is 423 g/mol. The Morgan fingerprint density at radius 1 is 1.07 bits per heavy atom. The molecule has 0 saturated heterocycles. The molecule has 0 saturated carbocycles. The molecule has 0 aliphatic rings. The zero-order valence-electron chi connectivity index (χ0n) is 16.9. The molecule has 4 rings (SSSR count). The molecule has 0 aliphatic heterocycles. The van der Waals surface area contributed by atoms with Crippen molar-refractivity contribution in [2.45, 2.75) is 13.3 Å². The molecule has 2 aromatic carbocycles. The van der Waals surface area contributed by atoms with Gasteiger partial charge >= 0.3 is 0 Å². The summed E-state index contributed by atoms with van der Waals surface area (Å²) >= 11 is 1.30. The Labute approximate surface area is 177 Å². The summed E-state index contributed by atoms with van der Waals surface area (Å²) in [7, 11) is 3.15. The molecule has 0 amide bonds. The quantitative estimate of drug-likeness (QED) is 0.455. The Hall–Kier alpha value is -3.39. The summed E-state index contributed by atoms with van der Waals surface area (Å²) in [6, 6.07) is 13.1. The van der Waals surface area contributed by atoms with Crippen molar-refractivity contribution in [2.75, 3.05) is 20.8 Å². The smallest absolute Gasteiger partial charge is 0.291 e. The van der Waals surface area contributed by atoms with Gasteiger partial charge in [0.2, 0.25) is 4.96 Å². The number of fused-ring (bicyclic) bond motifs is 1. The van der Waals surface area contributed by atoms with E-state index in [1.165, 1.54) is 15.9 Å². The normalized spacial score (nSPS) is 11.8. The van der Waals surface area contributed by atoms with Crippen molar-refractivity contribution in [1.29, 1.82) is 0 Å². The third kappa shape index (κ3) is 3.86. The molecular formula is C22H21N3O4S. The topological polar surface area (TPSA) is 74.9 Å². The first-order chi connectivity index (χ1) is 14.6. The van der Waals surface area contributed by atoms with Gasteiger partial charge in [0.1, 0.15) is 5.75 Å². The lowest BCUT2D eigenvalue weighted by Gasteiger charge is -2.07. The first-order valence-electron chi connectivity index (χ1n) is 9.49. The predicted octanol–water partition coefficient (Wildman–Crippen LogP) is 3.17. The number of benzene rings is 2. The summed E-state index contributed by atoms with van der Waals surface area (Å²) in [5, 5.41) is 4.39. The van der Waals surface area contributed by atoms with Crippen LogP contribution in [0.4, 0.5) is 0 Å². The minimum atomic E-state index is -0.194. The molecule has 0 aliphatic carbocycles. The van der Waals surface area contributed by atoms with Crippen LogP contribution in [0.25, 0.3) is 22.4 Å². The molecule has 30 heavy (non-hydrogen) atoms. The molecule has 4 aromatic rings. The van der Waals surface area contributed by atoms with Gasteiger partial charge in [0.25, 0.3) is 5.56 Å². The second kappa shape index (κ2) is 8.54. The van der Waals surface area contributed by atoms with Crippen LogP contribution in [0.5, 0.6) is 17.2 Å². The van der Waals surface area contributed by atoms with Gasteiger partial charge in [-0.25, -0.2) is 0 Å². The van der Waals surface area contributed by atoms with Crippen LogP contribution >= 0.6 is 11.3 Å². The first kappa shape index (κ1) is 19.9. The molecular weight excluding hydrogens is 402 g/mol. The fraction of sp³-hybridized carbons (Fsp3) is 0.227. The maximum Gasteiger partial charge on any atom is 0.291 e. The largest absolute Gasteiger partial charge is 0.494 e. The lowest BCUT2D eigenvalue weighted by Crippen LogP contribution is -2.23. The number of thiazole rings is 1. The molecule has 0 atom stereocenters. The number of rotatable bonds is 7. The highest BCUT2D eigenvalue weighted by atomic mass is 32.1. The molecule has 0 bridgehead atoms. The van der Waals surface area contributed by atoms with Crippen molar-refractivity contribution in [3.8, 4) is 28.6 Å². The van der Waals surface area contributed by atoms with Gasteiger partial charge in [-0.15, -0.1) is 5.10 Å². The van der Waals surface area contributed by atoms with Gasteiger partial charge in [0.05, 0.1) is 25.4 Å². The maximum atomic E-state index is 12.8. The Bertz CT molecular complexity index is 1280. The van der Waals surface area contributed by atoms with Gasteiger partial charge in [-0.2, -0.15) is 9.50 Å². The average Bonchev–Trinajstić information content (AvgIpc) is 3.32. The van der Waals surface area contributed by atoms with E-state index in [1.54, 1.807) is 26.4 Å². The SMILES string of the molecule is CCCOc1ccc(/C=c2/sc3nc(-c4ccc(OC)c(OC)c4)nn3c2=O)cc1. The number of ether oxygens (including phenoxy) is 3. The van der Waals surface area contributed by atoms with E-state index in [4.69, 9.17) is 14.2 Å². The molecule has 0 radical (unpaired) electrons. The van der Waals surface area contributed by atoms with Gasteiger partial charge in [-0.3, -0.25) is 4.79 Å². The molecule has 0 unspecified atom stereocenters. The molecule has 0 N–H and O–H groups in total. The molecule has 0 spiro atoms. The van der Waals surface area contributed by atoms with Crippen LogP contribution in [-0.4, -0.2) is 35.4 Å². The van der Waals surface area contributed by atoms with Gasteiger partial charge in [0.15, 0.2) is 17.3 Å². The van der Waals surface area contributed by atoms with E-state index in [-0.39, 0.29) is 5.56 Å². The van der Waals surface area contributed by atoms with Crippen LogP contribution in [-0.2, 0) is 0 Å². The fourth-order valence-corrected chi connectivity index (χ4v) is 3.87. The van der Waals surface area contributed by atoms with E-state index in [9.17, 15) is 4.79 Å². The Kier molecular flexibility index (Phi) is 5.67. The van der Waals surface area contributed by atoms with E-state index >= 15 is 0 Å². The molecule has 8 heteroatoms. The summed E-state index contributed by atoms with van der Waals surface area (Å²) in [6.07, 6.45) is 2.80. The van der Waals surface area contributed by atoms with Gasteiger partial charge in [-0.05, 0) is 48.4 Å². The van der Waals surface area contributed by atoms with E-state index in [2.05, 4.69) is 17.0 Å². The summed E-state index contributed by atoms with van der Waals surface area (Å²) in [4.78, 5) is 17.8. The highest BCUT2D eigenvalue weighted by Gasteiger charge is 2.14. The van der Waals surface area contributed by atoms with Gasteiger partial charge in [0, 0.05) is 5.56 Å². The third-order valence-electron chi connectivity index (χ3n) is 4.47. The minimum Gasteiger partial charge on any atom is -0.494 e. The van der Waals surface area contributed by atoms with Gasteiger partial charge in [-0.1, -0.05) is 30.4 Å². The molecule has 154 valence electrons. The van der Waals surface area contributed by atoms with Crippen molar-refractivity contribution in [2.24, 2.45) is 0 Å². The first-order valence-corrected chi connectivity index (χ1v) is 10.3.